The first-order valence-electron chi connectivity index (χ1n) is 9.61. The number of anilines is 1. The molecule has 0 radical (unpaired) electrons. The number of ether oxygens (including phenoxy) is 1. The van der Waals surface area contributed by atoms with Crippen molar-refractivity contribution in [1.29, 1.82) is 0 Å². The smallest absolute Gasteiger partial charge is 0.267 e. The van der Waals surface area contributed by atoms with Crippen LogP contribution < -0.4 is 10.9 Å². The predicted octanol–water partition coefficient (Wildman–Crippen LogP) is 2.81. The van der Waals surface area contributed by atoms with Crippen molar-refractivity contribution in [3.63, 3.8) is 0 Å². The van der Waals surface area contributed by atoms with Crippen molar-refractivity contribution >= 4 is 51.7 Å². The van der Waals surface area contributed by atoms with Crippen molar-refractivity contribution in [3.8, 4) is 0 Å². The lowest BCUT2D eigenvalue weighted by Crippen LogP contribution is -2.27. The third kappa shape index (κ3) is 3.94. The van der Waals surface area contributed by atoms with Crippen molar-refractivity contribution in [3.05, 3.63) is 44.7 Å². The number of fused-ring (bicyclic) bond motifs is 1. The Morgan fingerprint density at radius 2 is 2.24 bits per heavy atom. The first-order valence-corrected chi connectivity index (χ1v) is 10.8. The van der Waals surface area contributed by atoms with Crippen LogP contribution in [-0.4, -0.2) is 50.3 Å². The van der Waals surface area contributed by atoms with Gasteiger partial charge in [0, 0.05) is 25.9 Å². The number of amides is 1. The van der Waals surface area contributed by atoms with E-state index in [0.717, 1.165) is 25.0 Å². The second-order valence-electron chi connectivity index (χ2n) is 7.06. The van der Waals surface area contributed by atoms with Gasteiger partial charge in [-0.2, -0.15) is 0 Å². The summed E-state index contributed by atoms with van der Waals surface area (Å²) in [6, 6.07) is 3.73. The number of pyridine rings is 1. The van der Waals surface area contributed by atoms with Crippen LogP contribution in [-0.2, 0) is 9.53 Å². The van der Waals surface area contributed by atoms with Gasteiger partial charge in [-0.05, 0) is 44.4 Å². The van der Waals surface area contributed by atoms with Gasteiger partial charge in [-0.1, -0.05) is 30.0 Å². The van der Waals surface area contributed by atoms with Gasteiger partial charge in [0.05, 0.1) is 16.6 Å². The number of nitrogens with one attached hydrogen (secondary N) is 1. The van der Waals surface area contributed by atoms with E-state index in [1.54, 1.807) is 12.3 Å². The number of rotatable bonds is 5. The Bertz CT molecular complexity index is 1070. The average molecular weight is 431 g/mol. The van der Waals surface area contributed by atoms with Crippen molar-refractivity contribution in [2.45, 2.75) is 32.8 Å². The molecule has 9 heteroatoms. The maximum absolute atomic E-state index is 13.3. The zero-order valence-corrected chi connectivity index (χ0v) is 17.9. The Morgan fingerprint density at radius 3 is 2.93 bits per heavy atom. The molecule has 0 saturated carbocycles. The van der Waals surface area contributed by atoms with Crippen molar-refractivity contribution in [2.24, 2.45) is 0 Å². The standard InChI is InChI=1S/C20H22N4O3S2/c1-3-23-19(26)15(29-20(23)28)9-14-17(21-10-13-5-4-8-27-13)22-16-7-6-12(2)11-24(16)18(14)25/h6-7,9,11,13,21H,3-5,8,10H2,1-2H3. The van der Waals surface area contributed by atoms with E-state index in [0.29, 0.717) is 39.3 Å². The molecule has 1 atom stereocenters. The number of thioether (sulfide) groups is 1. The number of nitrogens with zero attached hydrogens (tertiary/aromatic N) is 3. The van der Waals surface area contributed by atoms with Crippen molar-refractivity contribution in [2.75, 3.05) is 25.0 Å². The summed E-state index contributed by atoms with van der Waals surface area (Å²) < 4.78 is 7.69. The number of aromatic nitrogens is 2. The molecular formula is C20H22N4O3S2. The Morgan fingerprint density at radius 1 is 1.41 bits per heavy atom. The maximum Gasteiger partial charge on any atom is 0.267 e. The molecule has 1 unspecified atom stereocenters. The number of carbonyl (C=O) groups is 1. The third-order valence-corrected chi connectivity index (χ3v) is 6.37. The first kappa shape index (κ1) is 20.1. The molecule has 2 aromatic rings. The lowest BCUT2D eigenvalue weighted by atomic mass is 10.2. The summed E-state index contributed by atoms with van der Waals surface area (Å²) >= 11 is 6.50. The zero-order valence-electron chi connectivity index (χ0n) is 16.3. The molecule has 1 N–H and O–H groups in total. The molecule has 29 heavy (non-hydrogen) atoms. The monoisotopic (exact) mass is 430 g/mol. The van der Waals surface area contributed by atoms with E-state index in [-0.39, 0.29) is 17.6 Å². The van der Waals surface area contributed by atoms with Crippen LogP contribution in [0.15, 0.2) is 28.0 Å². The summed E-state index contributed by atoms with van der Waals surface area (Å²) in [7, 11) is 0. The number of aryl methyl sites for hydroxylation is 1. The Kier molecular flexibility index (Phi) is 5.71. The summed E-state index contributed by atoms with van der Waals surface area (Å²) in [4.78, 5) is 32.5. The van der Waals surface area contributed by atoms with Crippen LogP contribution in [0.3, 0.4) is 0 Å². The molecule has 152 valence electrons. The van der Waals surface area contributed by atoms with Crippen LogP contribution in [0.4, 0.5) is 5.82 Å². The van der Waals surface area contributed by atoms with Gasteiger partial charge in [-0.3, -0.25) is 18.9 Å². The second-order valence-corrected chi connectivity index (χ2v) is 8.73. The van der Waals surface area contributed by atoms with E-state index in [9.17, 15) is 9.59 Å². The number of thiocarbonyl (C=S) groups is 1. The molecule has 0 aliphatic carbocycles. The van der Waals surface area contributed by atoms with E-state index in [2.05, 4.69) is 10.3 Å². The average Bonchev–Trinajstić information content (AvgIpc) is 3.31. The minimum atomic E-state index is -0.227. The summed E-state index contributed by atoms with van der Waals surface area (Å²) in [5.74, 6) is 0.275. The van der Waals surface area contributed by atoms with E-state index in [1.807, 2.05) is 26.0 Å². The van der Waals surface area contributed by atoms with E-state index >= 15 is 0 Å². The van der Waals surface area contributed by atoms with E-state index in [1.165, 1.54) is 21.1 Å². The van der Waals surface area contributed by atoms with Gasteiger partial charge in [0.25, 0.3) is 11.5 Å². The third-order valence-electron chi connectivity index (χ3n) is 4.99. The molecule has 2 fully saturated rings. The fourth-order valence-corrected chi connectivity index (χ4v) is 4.81. The highest BCUT2D eigenvalue weighted by molar-refractivity contribution is 8.26. The van der Waals surface area contributed by atoms with Crippen LogP contribution in [0.5, 0.6) is 0 Å². The van der Waals surface area contributed by atoms with Crippen LogP contribution in [0.1, 0.15) is 30.9 Å². The minimum absolute atomic E-state index is 0.0967. The SMILES string of the molecule is CCN1C(=O)C(=Cc2c(NCC3CCCO3)nc3ccc(C)cn3c2=O)SC1=S. The van der Waals surface area contributed by atoms with Gasteiger partial charge < -0.3 is 10.1 Å². The van der Waals surface area contributed by atoms with Gasteiger partial charge >= 0.3 is 0 Å². The van der Waals surface area contributed by atoms with Gasteiger partial charge in [0.2, 0.25) is 0 Å². The molecule has 2 aromatic heterocycles. The normalized spacial score (nSPS) is 21.0. The molecule has 2 aliphatic rings. The summed E-state index contributed by atoms with van der Waals surface area (Å²) in [6.07, 6.45) is 5.47. The van der Waals surface area contributed by atoms with E-state index in [4.69, 9.17) is 17.0 Å². The zero-order chi connectivity index (χ0) is 20.5. The van der Waals surface area contributed by atoms with Crippen LogP contribution >= 0.6 is 24.0 Å². The lowest BCUT2D eigenvalue weighted by molar-refractivity contribution is -0.121. The molecule has 4 heterocycles. The molecular weight excluding hydrogens is 408 g/mol. The van der Waals surface area contributed by atoms with Crippen molar-refractivity contribution < 1.29 is 9.53 Å². The summed E-state index contributed by atoms with van der Waals surface area (Å²) in [5.41, 5.74) is 1.62. The molecule has 2 aliphatic heterocycles. The van der Waals surface area contributed by atoms with Gasteiger partial charge in [0.15, 0.2) is 0 Å². The molecule has 7 nitrogen and oxygen atoms in total. The fraction of sp³-hybridized carbons (Fsp3) is 0.400. The highest BCUT2D eigenvalue weighted by Gasteiger charge is 2.31. The van der Waals surface area contributed by atoms with Crippen LogP contribution in [0, 0.1) is 6.92 Å². The van der Waals surface area contributed by atoms with Gasteiger partial charge in [-0.15, -0.1) is 0 Å². The Balaban J connectivity index is 1.79. The van der Waals surface area contributed by atoms with E-state index < -0.39 is 0 Å². The molecule has 4 rings (SSSR count). The van der Waals surface area contributed by atoms with Gasteiger partial charge in [-0.25, -0.2) is 4.98 Å². The highest BCUT2D eigenvalue weighted by atomic mass is 32.2. The van der Waals surface area contributed by atoms with Crippen LogP contribution in [0.2, 0.25) is 0 Å². The summed E-state index contributed by atoms with van der Waals surface area (Å²) in [5, 5.41) is 3.27. The molecule has 0 bridgehead atoms. The number of hydrogen-bond donors (Lipinski definition) is 1. The Labute approximate surface area is 178 Å². The molecule has 0 spiro atoms. The topological polar surface area (TPSA) is 75.9 Å². The lowest BCUT2D eigenvalue weighted by Gasteiger charge is -2.14. The molecule has 0 aromatic carbocycles. The fourth-order valence-electron chi connectivity index (χ4n) is 3.44. The second kappa shape index (κ2) is 8.25. The minimum Gasteiger partial charge on any atom is -0.376 e. The maximum atomic E-state index is 13.3. The quantitative estimate of drug-likeness (QED) is 0.577. The number of hydrogen-bond acceptors (Lipinski definition) is 7. The Hall–Kier alpha value is -2.23. The highest BCUT2D eigenvalue weighted by Crippen LogP contribution is 2.32. The van der Waals surface area contributed by atoms with Crippen LogP contribution in [0.25, 0.3) is 11.7 Å². The summed E-state index contributed by atoms with van der Waals surface area (Å²) in [6.45, 7) is 5.61. The largest absolute Gasteiger partial charge is 0.376 e. The number of likely N-dealkylation sites (N-methyl/N-ethyl adjacent to an activating group) is 1. The number of carbonyl (C=O) groups excluding carboxylic acids is 1. The van der Waals surface area contributed by atoms with Crippen molar-refractivity contribution in [1.82, 2.24) is 14.3 Å². The van der Waals surface area contributed by atoms with Gasteiger partial charge in [0.1, 0.15) is 15.8 Å². The molecule has 2 saturated heterocycles. The molecule has 1 amide bonds. The predicted molar refractivity (Wildman–Crippen MR) is 119 cm³/mol. The first-order chi connectivity index (χ1) is 14.0.